The molecule has 4 aromatic rings. The summed E-state index contributed by atoms with van der Waals surface area (Å²) in [5.41, 5.74) is 3.04. The van der Waals surface area contributed by atoms with E-state index >= 15 is 0 Å². The average Bonchev–Trinajstić information content (AvgIpc) is 2.61. The van der Waals surface area contributed by atoms with Crippen LogP contribution in [0, 0.1) is 13.8 Å². The van der Waals surface area contributed by atoms with Crippen LogP contribution in [0.15, 0.2) is 56.5 Å². The van der Waals surface area contributed by atoms with Gasteiger partial charge in [-0.15, -0.1) is 5.10 Å². The van der Waals surface area contributed by atoms with E-state index in [4.69, 9.17) is 4.42 Å². The highest BCUT2D eigenvalue weighted by atomic mass is 16.4. The Morgan fingerprint density at radius 1 is 1.04 bits per heavy atom. The third-order valence-corrected chi connectivity index (χ3v) is 4.47. The Kier molecular flexibility index (Phi) is 3.46. The van der Waals surface area contributed by atoms with Crippen LogP contribution in [0.25, 0.3) is 21.9 Å². The molecule has 25 heavy (non-hydrogen) atoms. The molecule has 0 amide bonds. The zero-order valence-electron chi connectivity index (χ0n) is 13.8. The lowest BCUT2D eigenvalue weighted by atomic mass is 10.0. The van der Waals surface area contributed by atoms with Gasteiger partial charge in [-0.25, -0.2) is 9.48 Å². The third-order valence-electron chi connectivity index (χ3n) is 4.47. The van der Waals surface area contributed by atoms with Crippen LogP contribution in [0.1, 0.15) is 16.7 Å². The van der Waals surface area contributed by atoms with Crippen molar-refractivity contribution in [3.05, 3.63) is 79.9 Å². The number of nitrogens with zero attached hydrogens (tertiary/aromatic N) is 3. The van der Waals surface area contributed by atoms with Crippen molar-refractivity contribution in [2.45, 2.75) is 20.4 Å². The first-order valence-electron chi connectivity index (χ1n) is 7.90. The van der Waals surface area contributed by atoms with Crippen molar-refractivity contribution in [2.75, 3.05) is 0 Å². The average molecular weight is 333 g/mol. The molecule has 0 spiro atoms. The second-order valence-corrected chi connectivity index (χ2v) is 6.04. The highest BCUT2D eigenvalue weighted by Crippen LogP contribution is 2.23. The number of rotatable bonds is 2. The lowest BCUT2D eigenvalue weighted by Gasteiger charge is -2.10. The predicted octanol–water partition coefficient (Wildman–Crippen LogP) is 2.56. The molecule has 0 saturated carbocycles. The Hall–Kier alpha value is -3.28. The Morgan fingerprint density at radius 2 is 1.84 bits per heavy atom. The summed E-state index contributed by atoms with van der Waals surface area (Å²) in [6, 6.07) is 12.3. The van der Waals surface area contributed by atoms with Gasteiger partial charge in [-0.3, -0.25) is 4.79 Å². The van der Waals surface area contributed by atoms with Crippen LogP contribution in [-0.2, 0) is 6.54 Å². The molecule has 0 atom stereocenters. The summed E-state index contributed by atoms with van der Waals surface area (Å²) >= 11 is 0. The van der Waals surface area contributed by atoms with Crippen molar-refractivity contribution in [3.63, 3.8) is 0 Å². The van der Waals surface area contributed by atoms with Crippen LogP contribution >= 0.6 is 0 Å². The van der Waals surface area contributed by atoms with Crippen molar-refractivity contribution in [1.29, 1.82) is 0 Å². The first kappa shape index (κ1) is 15.3. The number of hydrogen-bond donors (Lipinski definition) is 0. The molecule has 0 saturated heterocycles. The second kappa shape index (κ2) is 5.66. The molecular formula is C19H15N3O3. The first-order valence-corrected chi connectivity index (χ1v) is 7.90. The molecule has 0 aliphatic carbocycles. The van der Waals surface area contributed by atoms with Crippen LogP contribution < -0.4 is 11.2 Å². The minimum Gasteiger partial charge on any atom is -0.422 e. The minimum absolute atomic E-state index is 0.154. The van der Waals surface area contributed by atoms with Gasteiger partial charge in [0.05, 0.1) is 11.9 Å². The van der Waals surface area contributed by atoms with Gasteiger partial charge in [-0.05, 0) is 42.7 Å². The van der Waals surface area contributed by atoms with Gasteiger partial charge in [0.1, 0.15) is 11.1 Å². The van der Waals surface area contributed by atoms with E-state index in [9.17, 15) is 9.59 Å². The molecule has 6 heteroatoms. The van der Waals surface area contributed by atoms with E-state index < -0.39 is 5.63 Å². The molecule has 6 nitrogen and oxygen atoms in total. The lowest BCUT2D eigenvalue weighted by molar-refractivity contribution is 0.549. The monoisotopic (exact) mass is 333 g/mol. The molecule has 2 aromatic heterocycles. The van der Waals surface area contributed by atoms with Crippen molar-refractivity contribution < 1.29 is 4.42 Å². The number of benzene rings is 2. The van der Waals surface area contributed by atoms with Crippen molar-refractivity contribution in [2.24, 2.45) is 0 Å². The quantitative estimate of drug-likeness (QED) is 0.527. The predicted molar refractivity (Wildman–Crippen MR) is 94.9 cm³/mol. The van der Waals surface area contributed by atoms with Crippen LogP contribution in [-0.4, -0.2) is 15.0 Å². The van der Waals surface area contributed by atoms with E-state index in [1.54, 1.807) is 18.2 Å². The Balaban J connectivity index is 1.92. The number of fused-ring (bicyclic) bond motifs is 2. The molecule has 0 radical (unpaired) electrons. The van der Waals surface area contributed by atoms with Crippen molar-refractivity contribution >= 4 is 21.9 Å². The Bertz CT molecular complexity index is 1240. The normalized spacial score (nSPS) is 11.3. The summed E-state index contributed by atoms with van der Waals surface area (Å²) in [4.78, 5) is 24.6. The highest BCUT2D eigenvalue weighted by molar-refractivity contribution is 5.84. The van der Waals surface area contributed by atoms with Crippen LogP contribution in [0.4, 0.5) is 0 Å². The Labute approximate surface area is 142 Å². The summed E-state index contributed by atoms with van der Waals surface area (Å²) in [7, 11) is 0. The fourth-order valence-electron chi connectivity index (χ4n) is 2.94. The standard InChI is InChI=1S/C19H15N3O3/c1-11-7-8-14-13(9-17(23)25-18(14)12(11)2)10-22-19(24)15-5-3-4-6-16(15)20-21-22/h3-9H,10H2,1-2H3. The fourth-order valence-corrected chi connectivity index (χ4v) is 2.94. The molecule has 0 aliphatic heterocycles. The highest BCUT2D eigenvalue weighted by Gasteiger charge is 2.12. The van der Waals surface area contributed by atoms with Gasteiger partial charge in [-0.2, -0.15) is 0 Å². The number of hydrogen-bond acceptors (Lipinski definition) is 5. The molecule has 0 fully saturated rings. The van der Waals surface area contributed by atoms with Crippen molar-refractivity contribution in [1.82, 2.24) is 15.0 Å². The van der Waals surface area contributed by atoms with Gasteiger partial charge < -0.3 is 4.42 Å². The fraction of sp³-hybridized carbons (Fsp3) is 0.158. The van der Waals surface area contributed by atoms with Crippen LogP contribution in [0.5, 0.6) is 0 Å². The zero-order valence-corrected chi connectivity index (χ0v) is 13.8. The zero-order chi connectivity index (χ0) is 17.6. The molecule has 0 unspecified atom stereocenters. The molecule has 124 valence electrons. The van der Waals surface area contributed by atoms with Gasteiger partial charge in [0.25, 0.3) is 5.56 Å². The maximum absolute atomic E-state index is 12.6. The SMILES string of the molecule is Cc1ccc2c(Cn3nnc4ccccc4c3=O)cc(=O)oc2c1C. The largest absolute Gasteiger partial charge is 0.422 e. The summed E-state index contributed by atoms with van der Waals surface area (Å²) in [5, 5.41) is 9.38. The summed E-state index contributed by atoms with van der Waals surface area (Å²) in [6.07, 6.45) is 0. The molecule has 0 aliphatic rings. The van der Waals surface area contributed by atoms with E-state index in [0.717, 1.165) is 16.5 Å². The van der Waals surface area contributed by atoms with Gasteiger partial charge >= 0.3 is 5.63 Å². The van der Waals surface area contributed by atoms with Gasteiger partial charge in [0.15, 0.2) is 0 Å². The minimum atomic E-state index is -0.446. The van der Waals surface area contributed by atoms with E-state index in [-0.39, 0.29) is 12.1 Å². The molecule has 0 N–H and O–H groups in total. The lowest BCUT2D eigenvalue weighted by Crippen LogP contribution is -2.25. The summed E-state index contributed by atoms with van der Waals surface area (Å²) < 4.78 is 6.64. The van der Waals surface area contributed by atoms with Gasteiger partial charge in [0.2, 0.25) is 0 Å². The third kappa shape index (κ3) is 2.52. The summed E-state index contributed by atoms with van der Waals surface area (Å²) in [6.45, 7) is 4.02. The smallest absolute Gasteiger partial charge is 0.336 e. The van der Waals surface area contributed by atoms with Gasteiger partial charge in [0, 0.05) is 11.5 Å². The molecular weight excluding hydrogens is 318 g/mol. The summed E-state index contributed by atoms with van der Waals surface area (Å²) in [5.74, 6) is 0. The number of aryl methyl sites for hydroxylation is 2. The Morgan fingerprint density at radius 3 is 2.68 bits per heavy atom. The molecule has 2 aromatic carbocycles. The van der Waals surface area contributed by atoms with Crippen molar-refractivity contribution in [3.8, 4) is 0 Å². The molecule has 4 rings (SSSR count). The van der Waals surface area contributed by atoms with Crippen LogP contribution in [0.2, 0.25) is 0 Å². The topological polar surface area (TPSA) is 78.0 Å². The maximum Gasteiger partial charge on any atom is 0.336 e. The second-order valence-electron chi connectivity index (χ2n) is 6.04. The molecule has 2 heterocycles. The molecule has 0 bridgehead atoms. The van der Waals surface area contributed by atoms with Crippen LogP contribution in [0.3, 0.4) is 0 Å². The van der Waals surface area contributed by atoms with E-state index in [0.29, 0.717) is 22.0 Å². The van der Waals surface area contributed by atoms with Gasteiger partial charge in [-0.1, -0.05) is 29.5 Å². The van der Waals surface area contributed by atoms with E-state index in [1.807, 2.05) is 32.0 Å². The van der Waals surface area contributed by atoms with E-state index in [1.165, 1.54) is 10.7 Å². The maximum atomic E-state index is 12.6. The van der Waals surface area contributed by atoms with E-state index in [2.05, 4.69) is 10.3 Å². The number of aromatic nitrogens is 3. The first-order chi connectivity index (χ1) is 12.0.